The molecule has 4 nitrogen and oxygen atoms in total. The van der Waals surface area contributed by atoms with E-state index in [-0.39, 0.29) is 11.6 Å². The third-order valence-corrected chi connectivity index (χ3v) is 6.02. The first-order chi connectivity index (χ1) is 15.2. The van der Waals surface area contributed by atoms with Crippen LogP contribution in [0.25, 0.3) is 0 Å². The van der Waals surface area contributed by atoms with Gasteiger partial charge in [0.2, 0.25) is 0 Å². The zero-order valence-corrected chi connectivity index (χ0v) is 19.8. The van der Waals surface area contributed by atoms with Crippen molar-refractivity contribution in [3.05, 3.63) is 77.1 Å². The van der Waals surface area contributed by atoms with Crippen molar-refractivity contribution in [2.24, 2.45) is 0 Å². The summed E-state index contributed by atoms with van der Waals surface area (Å²) in [5.41, 5.74) is 2.44. The number of benzene rings is 2. The molecular weight excluding hydrogens is 474 g/mol. The topological polar surface area (TPSA) is 61.4 Å². The summed E-state index contributed by atoms with van der Waals surface area (Å²) < 4.78 is 11.2. The van der Waals surface area contributed by atoms with Crippen molar-refractivity contribution in [1.29, 1.82) is 0 Å². The Balaban J connectivity index is 1.59. The maximum atomic E-state index is 13.3. The number of hydrogen-bond donors (Lipinski definition) is 3. The molecule has 0 aromatic heterocycles. The molecule has 1 unspecified atom stereocenters. The van der Waals surface area contributed by atoms with Gasteiger partial charge in [0.1, 0.15) is 11.6 Å². The molecule has 2 aromatic carbocycles. The van der Waals surface area contributed by atoms with E-state index in [1.807, 2.05) is 18.2 Å². The minimum atomic E-state index is -2.06. The van der Waals surface area contributed by atoms with Gasteiger partial charge in [0.05, 0.1) is 5.54 Å². The molecule has 0 aliphatic heterocycles. The second-order valence-corrected chi connectivity index (χ2v) is 10.4. The summed E-state index contributed by atoms with van der Waals surface area (Å²) in [4.78, 5) is 12.4. The fourth-order valence-corrected chi connectivity index (χ4v) is 4.12. The SMILES string of the molecule is O=C(NC1(Cc2ccc(F)cc2)C=C(CNCCCc2cccc(O)c2)CC1)C(Cl)(Cl)Cl. The number of alkyl halides is 3. The first-order valence-electron chi connectivity index (χ1n) is 10.5. The van der Waals surface area contributed by atoms with Crippen LogP contribution in [0.1, 0.15) is 30.4 Å². The van der Waals surface area contributed by atoms with Crippen LogP contribution >= 0.6 is 34.8 Å². The van der Waals surface area contributed by atoms with Crippen LogP contribution in [0, 0.1) is 5.82 Å². The summed E-state index contributed by atoms with van der Waals surface area (Å²) in [6.07, 6.45) is 5.77. The Hall–Kier alpha value is -1.79. The lowest BCUT2D eigenvalue weighted by molar-refractivity contribution is -0.121. The Labute approximate surface area is 202 Å². The van der Waals surface area contributed by atoms with Crippen LogP contribution in [0.15, 0.2) is 60.2 Å². The van der Waals surface area contributed by atoms with Crippen molar-refractivity contribution in [1.82, 2.24) is 10.6 Å². The van der Waals surface area contributed by atoms with E-state index in [4.69, 9.17) is 34.8 Å². The van der Waals surface area contributed by atoms with E-state index in [9.17, 15) is 14.3 Å². The van der Waals surface area contributed by atoms with Gasteiger partial charge < -0.3 is 15.7 Å². The molecule has 0 heterocycles. The Morgan fingerprint density at radius 2 is 1.88 bits per heavy atom. The van der Waals surface area contributed by atoms with Gasteiger partial charge in [0, 0.05) is 6.54 Å². The molecule has 0 spiro atoms. The fourth-order valence-electron chi connectivity index (χ4n) is 3.98. The van der Waals surface area contributed by atoms with Crippen LogP contribution in [0.3, 0.4) is 0 Å². The molecule has 1 amide bonds. The lowest BCUT2D eigenvalue weighted by Gasteiger charge is -2.30. The van der Waals surface area contributed by atoms with Crippen molar-refractivity contribution in [2.45, 2.75) is 41.4 Å². The summed E-state index contributed by atoms with van der Waals surface area (Å²) >= 11 is 17.4. The molecule has 32 heavy (non-hydrogen) atoms. The van der Waals surface area contributed by atoms with Gasteiger partial charge in [-0.15, -0.1) is 0 Å². The predicted molar refractivity (Wildman–Crippen MR) is 128 cm³/mol. The number of phenols is 1. The molecule has 2 aromatic rings. The fraction of sp³-hybridized carbons (Fsp3) is 0.375. The Bertz CT molecular complexity index is 960. The average molecular weight is 500 g/mol. The molecule has 0 saturated heterocycles. The number of carbonyl (C=O) groups excluding carboxylic acids is 1. The Kier molecular flexibility index (Phi) is 8.45. The number of halogens is 4. The zero-order chi connectivity index (χ0) is 23.2. The maximum Gasteiger partial charge on any atom is 0.272 e. The first-order valence-corrected chi connectivity index (χ1v) is 11.6. The van der Waals surface area contributed by atoms with E-state index < -0.39 is 15.2 Å². The minimum Gasteiger partial charge on any atom is -0.508 e. The predicted octanol–water partition coefficient (Wildman–Crippen LogP) is 5.24. The summed E-state index contributed by atoms with van der Waals surface area (Å²) in [5, 5.41) is 15.9. The molecule has 0 bridgehead atoms. The molecule has 0 fully saturated rings. The molecule has 1 aliphatic carbocycles. The highest BCUT2D eigenvalue weighted by Crippen LogP contribution is 2.34. The van der Waals surface area contributed by atoms with Gasteiger partial charge in [-0.05, 0) is 74.0 Å². The van der Waals surface area contributed by atoms with Crippen molar-refractivity contribution in [3.63, 3.8) is 0 Å². The number of amides is 1. The van der Waals surface area contributed by atoms with Crippen LogP contribution in [-0.2, 0) is 17.6 Å². The lowest BCUT2D eigenvalue weighted by Crippen LogP contribution is -2.51. The third kappa shape index (κ3) is 7.38. The summed E-state index contributed by atoms with van der Waals surface area (Å²) in [6, 6.07) is 13.5. The van der Waals surface area contributed by atoms with Gasteiger partial charge in [-0.1, -0.05) is 70.7 Å². The van der Waals surface area contributed by atoms with Gasteiger partial charge in [-0.3, -0.25) is 4.79 Å². The summed E-state index contributed by atoms with van der Waals surface area (Å²) in [7, 11) is 0. The number of rotatable bonds is 9. The smallest absolute Gasteiger partial charge is 0.272 e. The number of carbonyl (C=O) groups is 1. The highest BCUT2D eigenvalue weighted by molar-refractivity contribution is 6.76. The average Bonchev–Trinajstić information content (AvgIpc) is 3.11. The highest BCUT2D eigenvalue weighted by atomic mass is 35.6. The zero-order valence-electron chi connectivity index (χ0n) is 17.5. The Morgan fingerprint density at radius 3 is 2.56 bits per heavy atom. The first kappa shape index (κ1) is 24.8. The van der Waals surface area contributed by atoms with Crippen molar-refractivity contribution < 1.29 is 14.3 Å². The third-order valence-electron chi connectivity index (χ3n) is 5.51. The monoisotopic (exact) mass is 498 g/mol. The van der Waals surface area contributed by atoms with E-state index in [1.54, 1.807) is 24.3 Å². The van der Waals surface area contributed by atoms with Gasteiger partial charge in [0.25, 0.3) is 9.70 Å². The van der Waals surface area contributed by atoms with Crippen LogP contribution in [0.5, 0.6) is 5.75 Å². The van der Waals surface area contributed by atoms with Gasteiger partial charge >= 0.3 is 0 Å². The van der Waals surface area contributed by atoms with Crippen LogP contribution in [-0.4, -0.2) is 33.4 Å². The number of nitrogens with one attached hydrogen (secondary N) is 2. The molecule has 8 heteroatoms. The number of aryl methyl sites for hydroxylation is 1. The van der Waals surface area contributed by atoms with E-state index in [1.165, 1.54) is 12.1 Å². The molecule has 1 aliphatic rings. The van der Waals surface area contributed by atoms with E-state index in [0.29, 0.717) is 19.4 Å². The van der Waals surface area contributed by atoms with Crippen molar-refractivity contribution in [3.8, 4) is 5.75 Å². The molecule has 172 valence electrons. The van der Waals surface area contributed by atoms with Gasteiger partial charge in [0.15, 0.2) is 0 Å². The van der Waals surface area contributed by atoms with Gasteiger partial charge in [-0.25, -0.2) is 4.39 Å². The second-order valence-electron chi connectivity index (χ2n) is 8.16. The number of hydrogen-bond acceptors (Lipinski definition) is 3. The minimum absolute atomic E-state index is 0.279. The van der Waals surface area contributed by atoms with E-state index in [2.05, 4.69) is 10.6 Å². The lowest BCUT2D eigenvalue weighted by atomic mass is 9.90. The van der Waals surface area contributed by atoms with Crippen molar-refractivity contribution in [2.75, 3.05) is 13.1 Å². The number of aromatic hydroxyl groups is 1. The van der Waals surface area contributed by atoms with Crippen LogP contribution in [0.2, 0.25) is 0 Å². The van der Waals surface area contributed by atoms with Crippen LogP contribution in [0.4, 0.5) is 4.39 Å². The van der Waals surface area contributed by atoms with E-state index in [0.717, 1.165) is 42.5 Å². The normalized spacial score (nSPS) is 18.4. The quantitative estimate of drug-likeness (QED) is 0.251. The number of phenolic OH excluding ortho intramolecular Hbond substituents is 1. The largest absolute Gasteiger partial charge is 0.508 e. The maximum absolute atomic E-state index is 13.3. The van der Waals surface area contributed by atoms with Crippen LogP contribution < -0.4 is 10.6 Å². The molecular formula is C24H26Cl3FN2O2. The summed E-state index contributed by atoms with van der Waals surface area (Å²) in [6.45, 7) is 1.51. The second kappa shape index (κ2) is 10.9. The molecule has 0 radical (unpaired) electrons. The Morgan fingerprint density at radius 1 is 1.12 bits per heavy atom. The standard InChI is InChI=1S/C24H26Cl3FN2O2/c25-24(26,27)22(32)30-23(14-18-6-8-20(28)9-7-18)11-10-19(15-23)16-29-12-2-4-17-3-1-5-21(31)13-17/h1,3,5-9,13,15,29,31H,2,4,10-12,14,16H2,(H,30,32). The van der Waals surface area contributed by atoms with E-state index >= 15 is 0 Å². The molecule has 3 N–H and O–H groups in total. The highest BCUT2D eigenvalue weighted by Gasteiger charge is 2.40. The van der Waals surface area contributed by atoms with Crippen molar-refractivity contribution >= 4 is 40.7 Å². The summed E-state index contributed by atoms with van der Waals surface area (Å²) in [5.74, 6) is -0.715. The molecule has 0 saturated carbocycles. The molecule has 3 rings (SSSR count). The molecule has 1 atom stereocenters. The van der Waals surface area contributed by atoms with Gasteiger partial charge in [-0.2, -0.15) is 0 Å².